The Kier molecular flexibility index (Phi) is 5.17. The molecule has 84 valence electrons. The molecule has 1 aromatic heterocycles. The van der Waals surface area contributed by atoms with Gasteiger partial charge in [0.15, 0.2) is 0 Å². The lowest BCUT2D eigenvalue weighted by Crippen LogP contribution is -2.15. The summed E-state index contributed by atoms with van der Waals surface area (Å²) in [6, 6.07) is 1.68. The van der Waals surface area contributed by atoms with Gasteiger partial charge < -0.3 is 11.1 Å². The first-order valence-corrected chi connectivity index (χ1v) is 6.83. The summed E-state index contributed by atoms with van der Waals surface area (Å²) in [5.74, 6) is 2.76. The summed E-state index contributed by atoms with van der Waals surface area (Å²) in [7, 11) is 0. The fourth-order valence-electron chi connectivity index (χ4n) is 1.12. The summed E-state index contributed by atoms with van der Waals surface area (Å²) in [4.78, 5) is 8.26. The summed E-state index contributed by atoms with van der Waals surface area (Å²) >= 11 is 5.11. The van der Waals surface area contributed by atoms with Crippen molar-refractivity contribution in [3.8, 4) is 0 Å². The van der Waals surface area contributed by atoms with Crippen molar-refractivity contribution >= 4 is 39.5 Å². The number of rotatable bonds is 5. The lowest BCUT2D eigenvalue weighted by Gasteiger charge is -2.11. The van der Waals surface area contributed by atoms with Crippen LogP contribution in [0.4, 0.5) is 11.8 Å². The molecule has 4 nitrogen and oxygen atoms in total. The second-order valence-corrected chi connectivity index (χ2v) is 5.10. The summed E-state index contributed by atoms with van der Waals surface area (Å²) < 4.78 is 0.704. The van der Waals surface area contributed by atoms with E-state index in [9.17, 15) is 0 Å². The molecule has 1 atom stereocenters. The molecule has 0 aromatic carbocycles. The zero-order valence-electron chi connectivity index (χ0n) is 8.83. The molecule has 1 unspecified atom stereocenters. The maximum Gasteiger partial charge on any atom is 0.225 e. The molecule has 0 saturated heterocycles. The number of aromatic nitrogens is 2. The minimum Gasteiger partial charge on any atom is -0.383 e. The van der Waals surface area contributed by atoms with E-state index in [4.69, 9.17) is 5.73 Å². The standard InChI is InChI=1S/C9H15BrN4S/c1-6(5-15-2)4-12-9-13-7(10)3-8(11)14-9/h3,6H,4-5H2,1-2H3,(H3,11,12,13,14). The molecule has 0 saturated carbocycles. The van der Waals surface area contributed by atoms with Crippen molar-refractivity contribution in [2.24, 2.45) is 5.92 Å². The highest BCUT2D eigenvalue weighted by atomic mass is 79.9. The fourth-order valence-corrected chi connectivity index (χ4v) is 2.21. The Hall–Kier alpha value is -0.490. The summed E-state index contributed by atoms with van der Waals surface area (Å²) in [5.41, 5.74) is 5.60. The van der Waals surface area contributed by atoms with Gasteiger partial charge in [-0.25, -0.2) is 4.98 Å². The second-order valence-electron chi connectivity index (χ2n) is 3.38. The largest absolute Gasteiger partial charge is 0.383 e. The van der Waals surface area contributed by atoms with Crippen LogP contribution in [-0.4, -0.2) is 28.5 Å². The van der Waals surface area contributed by atoms with Crippen LogP contribution in [0.1, 0.15) is 6.92 Å². The van der Waals surface area contributed by atoms with Crippen LogP contribution in [0.2, 0.25) is 0 Å². The third-order valence-electron chi connectivity index (χ3n) is 1.77. The van der Waals surface area contributed by atoms with Gasteiger partial charge in [-0.15, -0.1) is 0 Å². The molecule has 0 radical (unpaired) electrons. The fraction of sp³-hybridized carbons (Fsp3) is 0.556. The minimum absolute atomic E-state index is 0.469. The van der Waals surface area contributed by atoms with Crippen molar-refractivity contribution in [1.82, 2.24) is 9.97 Å². The van der Waals surface area contributed by atoms with E-state index in [1.54, 1.807) is 6.07 Å². The number of nitrogens with one attached hydrogen (secondary N) is 1. The van der Waals surface area contributed by atoms with Crippen LogP contribution < -0.4 is 11.1 Å². The number of nitrogen functional groups attached to an aromatic ring is 1. The molecular weight excluding hydrogens is 276 g/mol. The van der Waals surface area contributed by atoms with E-state index in [1.165, 1.54) is 0 Å². The first kappa shape index (κ1) is 12.6. The zero-order valence-corrected chi connectivity index (χ0v) is 11.2. The summed E-state index contributed by atoms with van der Waals surface area (Å²) in [5, 5.41) is 3.17. The molecule has 0 bridgehead atoms. The average molecular weight is 291 g/mol. The molecule has 0 amide bonds. The van der Waals surface area contributed by atoms with Gasteiger partial charge in [-0.2, -0.15) is 16.7 Å². The van der Waals surface area contributed by atoms with Gasteiger partial charge in [0.1, 0.15) is 10.4 Å². The number of hydrogen-bond donors (Lipinski definition) is 2. The third-order valence-corrected chi connectivity index (χ3v) is 3.08. The Bertz CT molecular complexity index is 301. The highest BCUT2D eigenvalue weighted by molar-refractivity contribution is 9.10. The quantitative estimate of drug-likeness (QED) is 0.815. The van der Waals surface area contributed by atoms with Crippen molar-refractivity contribution in [2.45, 2.75) is 6.92 Å². The van der Waals surface area contributed by atoms with Crippen LogP contribution in [0, 0.1) is 5.92 Å². The van der Waals surface area contributed by atoms with E-state index < -0.39 is 0 Å². The lowest BCUT2D eigenvalue weighted by molar-refractivity contribution is 0.697. The Morgan fingerprint density at radius 2 is 2.33 bits per heavy atom. The van der Waals surface area contributed by atoms with Crippen LogP contribution in [0.3, 0.4) is 0 Å². The van der Waals surface area contributed by atoms with E-state index in [0.29, 0.717) is 22.3 Å². The molecular formula is C9H15BrN4S. The molecule has 0 fully saturated rings. The van der Waals surface area contributed by atoms with Gasteiger partial charge in [-0.1, -0.05) is 6.92 Å². The molecule has 0 spiro atoms. The van der Waals surface area contributed by atoms with Crippen LogP contribution >= 0.6 is 27.7 Å². The number of halogens is 1. The van der Waals surface area contributed by atoms with Crippen LogP contribution in [-0.2, 0) is 0 Å². The van der Waals surface area contributed by atoms with Crippen molar-refractivity contribution in [2.75, 3.05) is 29.6 Å². The molecule has 0 aliphatic heterocycles. The molecule has 3 N–H and O–H groups in total. The van der Waals surface area contributed by atoms with Crippen LogP contribution in [0.25, 0.3) is 0 Å². The molecule has 15 heavy (non-hydrogen) atoms. The SMILES string of the molecule is CSCC(C)CNc1nc(N)cc(Br)n1. The van der Waals surface area contributed by atoms with Gasteiger partial charge >= 0.3 is 0 Å². The smallest absolute Gasteiger partial charge is 0.225 e. The maximum absolute atomic E-state index is 5.60. The number of anilines is 2. The normalized spacial score (nSPS) is 12.5. The molecule has 0 aliphatic carbocycles. The Morgan fingerprint density at radius 1 is 1.60 bits per heavy atom. The number of nitrogens with two attached hydrogens (primary N) is 1. The van der Waals surface area contributed by atoms with Crippen molar-refractivity contribution in [1.29, 1.82) is 0 Å². The highest BCUT2D eigenvalue weighted by Gasteiger charge is 2.03. The van der Waals surface area contributed by atoms with Crippen molar-refractivity contribution < 1.29 is 0 Å². The van der Waals surface area contributed by atoms with Gasteiger partial charge in [0.25, 0.3) is 0 Å². The predicted octanol–water partition coefficient (Wildman–Crippen LogP) is 2.23. The molecule has 1 aromatic rings. The molecule has 1 heterocycles. The second kappa shape index (κ2) is 6.17. The van der Waals surface area contributed by atoms with Gasteiger partial charge in [-0.05, 0) is 33.9 Å². The number of hydrogen-bond acceptors (Lipinski definition) is 5. The lowest BCUT2D eigenvalue weighted by atomic mass is 10.2. The first-order chi connectivity index (χ1) is 7.11. The van der Waals surface area contributed by atoms with Crippen molar-refractivity contribution in [3.05, 3.63) is 10.7 Å². The minimum atomic E-state index is 0.469. The molecule has 0 aliphatic rings. The number of nitrogens with zero attached hydrogens (tertiary/aromatic N) is 2. The first-order valence-electron chi connectivity index (χ1n) is 4.64. The average Bonchev–Trinajstić information content (AvgIpc) is 2.14. The summed E-state index contributed by atoms with van der Waals surface area (Å²) in [6.07, 6.45) is 2.10. The molecule has 6 heteroatoms. The predicted molar refractivity (Wildman–Crippen MR) is 70.2 cm³/mol. The van der Waals surface area contributed by atoms with Crippen molar-refractivity contribution in [3.63, 3.8) is 0 Å². The summed E-state index contributed by atoms with van der Waals surface area (Å²) in [6.45, 7) is 3.04. The van der Waals surface area contributed by atoms with Gasteiger partial charge in [0.2, 0.25) is 5.95 Å². The van der Waals surface area contributed by atoms with Crippen LogP contribution in [0.15, 0.2) is 10.7 Å². The van der Waals surface area contributed by atoms with Gasteiger partial charge in [-0.3, -0.25) is 0 Å². The van der Waals surface area contributed by atoms with E-state index >= 15 is 0 Å². The van der Waals surface area contributed by atoms with Gasteiger partial charge in [0.05, 0.1) is 0 Å². The Labute approximate surface area is 103 Å². The topological polar surface area (TPSA) is 63.8 Å². The molecule has 1 rings (SSSR count). The van der Waals surface area contributed by atoms with E-state index in [0.717, 1.165) is 12.3 Å². The highest BCUT2D eigenvalue weighted by Crippen LogP contribution is 2.13. The van der Waals surface area contributed by atoms with E-state index in [2.05, 4.69) is 44.4 Å². The Morgan fingerprint density at radius 3 is 2.93 bits per heavy atom. The zero-order chi connectivity index (χ0) is 11.3. The monoisotopic (exact) mass is 290 g/mol. The van der Waals surface area contributed by atoms with E-state index in [1.807, 2.05) is 11.8 Å². The maximum atomic E-state index is 5.60. The van der Waals surface area contributed by atoms with Crippen LogP contribution in [0.5, 0.6) is 0 Å². The van der Waals surface area contributed by atoms with E-state index in [-0.39, 0.29) is 0 Å². The third kappa shape index (κ3) is 4.70. The number of thioether (sulfide) groups is 1. The Balaban J connectivity index is 2.50. The van der Waals surface area contributed by atoms with Gasteiger partial charge in [0, 0.05) is 12.6 Å².